The van der Waals surface area contributed by atoms with E-state index in [-0.39, 0.29) is 24.4 Å². The Balaban J connectivity index is 1.58. The van der Waals surface area contributed by atoms with Gasteiger partial charge in [-0.05, 0) is 49.2 Å². The van der Waals surface area contributed by atoms with Gasteiger partial charge < -0.3 is 14.8 Å². The summed E-state index contributed by atoms with van der Waals surface area (Å²) in [5, 5.41) is 7.35. The van der Waals surface area contributed by atoms with E-state index in [4.69, 9.17) is 9.47 Å². The zero-order chi connectivity index (χ0) is 24.8. The molecule has 1 aromatic heterocycles. The van der Waals surface area contributed by atoms with Crippen molar-refractivity contribution in [1.29, 1.82) is 0 Å². The zero-order valence-electron chi connectivity index (χ0n) is 19.3. The third-order valence-corrected chi connectivity index (χ3v) is 5.93. The number of hydrogen-bond donors (Lipinski definition) is 1. The molecule has 0 atom stereocenters. The summed E-state index contributed by atoms with van der Waals surface area (Å²) >= 11 is 0. The van der Waals surface area contributed by atoms with Crippen molar-refractivity contribution < 1.29 is 27.4 Å². The van der Waals surface area contributed by atoms with Crippen LogP contribution in [-0.2, 0) is 15.7 Å². The van der Waals surface area contributed by atoms with Crippen molar-refractivity contribution in [3.63, 3.8) is 0 Å². The number of methoxy groups -OCH3 is 1. The molecule has 1 N–H and O–H groups in total. The second-order valence-corrected chi connectivity index (χ2v) is 8.42. The first-order chi connectivity index (χ1) is 16.8. The number of anilines is 1. The van der Waals surface area contributed by atoms with E-state index >= 15 is 0 Å². The molecule has 0 saturated heterocycles. The van der Waals surface area contributed by atoms with E-state index in [0.717, 1.165) is 37.8 Å². The second-order valence-electron chi connectivity index (χ2n) is 8.42. The molecule has 0 spiro atoms. The number of nitrogens with one attached hydrogen (secondary N) is 1. The van der Waals surface area contributed by atoms with Gasteiger partial charge in [0.25, 0.3) is 0 Å². The van der Waals surface area contributed by atoms with Gasteiger partial charge in [-0.1, -0.05) is 31.4 Å². The van der Waals surface area contributed by atoms with Crippen LogP contribution in [0, 0.1) is 5.92 Å². The second kappa shape index (κ2) is 10.9. The first-order valence-electron chi connectivity index (χ1n) is 11.5. The summed E-state index contributed by atoms with van der Waals surface area (Å²) in [6.07, 6.45) is 0.708. The van der Waals surface area contributed by atoms with Crippen LogP contribution in [0.25, 0.3) is 17.1 Å². The van der Waals surface area contributed by atoms with Gasteiger partial charge >= 0.3 is 12.2 Å². The smallest absolute Gasteiger partial charge is 0.416 e. The minimum absolute atomic E-state index is 0.0254. The molecular formula is C25H27F3N4O3. The lowest BCUT2D eigenvalue weighted by Crippen LogP contribution is -2.24. The number of alkyl halides is 3. The molecule has 3 aromatic rings. The predicted molar refractivity (Wildman–Crippen MR) is 124 cm³/mol. The maximum Gasteiger partial charge on any atom is 0.416 e. The standard InChI is InChI=1S/C25H27F3N4O3/c1-34-15-16-35-24-30-22(17-7-9-19(10-8-17)25(26,27)28)32(31-24)21-13-11-20(12-14-21)29-23(33)18-5-3-2-4-6-18/h7-14,18H,2-6,15-16H2,1H3,(H,29,33). The number of amides is 1. The number of carbonyl (C=O) groups excluding carboxylic acids is 1. The minimum atomic E-state index is -4.43. The minimum Gasteiger partial charge on any atom is -0.460 e. The van der Waals surface area contributed by atoms with Crippen LogP contribution in [0.5, 0.6) is 6.01 Å². The van der Waals surface area contributed by atoms with Crippen molar-refractivity contribution in [3.05, 3.63) is 54.1 Å². The maximum atomic E-state index is 13.0. The van der Waals surface area contributed by atoms with E-state index in [9.17, 15) is 18.0 Å². The molecule has 1 fully saturated rings. The van der Waals surface area contributed by atoms with Crippen molar-refractivity contribution in [2.24, 2.45) is 5.92 Å². The Hall–Kier alpha value is -3.40. The molecule has 35 heavy (non-hydrogen) atoms. The van der Waals surface area contributed by atoms with Gasteiger partial charge in [-0.2, -0.15) is 18.2 Å². The summed E-state index contributed by atoms with van der Waals surface area (Å²) in [6, 6.07) is 11.8. The fourth-order valence-corrected chi connectivity index (χ4v) is 4.04. The van der Waals surface area contributed by atoms with Crippen molar-refractivity contribution in [3.8, 4) is 23.1 Å². The summed E-state index contributed by atoms with van der Waals surface area (Å²) in [7, 11) is 1.54. The highest BCUT2D eigenvalue weighted by Gasteiger charge is 2.30. The van der Waals surface area contributed by atoms with E-state index < -0.39 is 11.7 Å². The van der Waals surface area contributed by atoms with Crippen molar-refractivity contribution in [2.45, 2.75) is 38.3 Å². The summed E-state index contributed by atoms with van der Waals surface area (Å²) < 4.78 is 51.0. The average molecular weight is 489 g/mol. The first-order valence-corrected chi connectivity index (χ1v) is 11.5. The lowest BCUT2D eigenvalue weighted by atomic mass is 9.88. The topological polar surface area (TPSA) is 78.3 Å². The molecule has 0 aliphatic heterocycles. The van der Waals surface area contributed by atoms with Crippen LogP contribution in [0.4, 0.5) is 18.9 Å². The Bertz CT molecular complexity index is 1120. The van der Waals surface area contributed by atoms with Crippen LogP contribution in [0.2, 0.25) is 0 Å². The molecule has 2 aromatic carbocycles. The van der Waals surface area contributed by atoms with E-state index in [1.54, 1.807) is 24.3 Å². The molecule has 1 aliphatic carbocycles. The Morgan fingerprint density at radius 2 is 1.71 bits per heavy atom. The summed E-state index contributed by atoms with van der Waals surface area (Å²) in [5.74, 6) is 0.388. The van der Waals surface area contributed by atoms with Gasteiger partial charge in [0.15, 0.2) is 5.82 Å². The fraction of sp³-hybridized carbons (Fsp3) is 0.400. The average Bonchev–Trinajstić information content (AvgIpc) is 3.29. The van der Waals surface area contributed by atoms with E-state index in [1.165, 1.54) is 30.3 Å². The number of halogens is 3. The fourth-order valence-electron chi connectivity index (χ4n) is 4.04. The van der Waals surface area contributed by atoms with E-state index in [1.807, 2.05) is 0 Å². The zero-order valence-corrected chi connectivity index (χ0v) is 19.3. The van der Waals surface area contributed by atoms with Gasteiger partial charge in [0, 0.05) is 24.3 Å². The van der Waals surface area contributed by atoms with Crippen LogP contribution in [-0.4, -0.2) is 41.0 Å². The first kappa shape index (κ1) is 24.7. The van der Waals surface area contributed by atoms with Crippen LogP contribution in [0.15, 0.2) is 48.5 Å². The third-order valence-electron chi connectivity index (χ3n) is 5.93. The molecule has 0 bridgehead atoms. The molecular weight excluding hydrogens is 461 g/mol. The molecule has 10 heteroatoms. The van der Waals surface area contributed by atoms with Gasteiger partial charge in [0.1, 0.15) is 6.61 Å². The monoisotopic (exact) mass is 488 g/mol. The van der Waals surface area contributed by atoms with Gasteiger partial charge in [-0.25, -0.2) is 4.68 Å². The summed E-state index contributed by atoms with van der Waals surface area (Å²) in [6.45, 7) is 0.554. The normalized spacial score (nSPS) is 14.6. The van der Waals surface area contributed by atoms with Crippen molar-refractivity contribution in [1.82, 2.24) is 14.8 Å². The van der Waals surface area contributed by atoms with Crippen LogP contribution in [0.1, 0.15) is 37.7 Å². The Morgan fingerprint density at radius 3 is 2.34 bits per heavy atom. The molecule has 1 aliphatic rings. The van der Waals surface area contributed by atoms with Gasteiger partial charge in [0.2, 0.25) is 5.91 Å². The molecule has 186 valence electrons. The number of rotatable bonds is 8. The number of carbonyl (C=O) groups is 1. The number of hydrogen-bond acceptors (Lipinski definition) is 5. The van der Waals surface area contributed by atoms with E-state index in [2.05, 4.69) is 15.4 Å². The van der Waals surface area contributed by atoms with Crippen LogP contribution in [0.3, 0.4) is 0 Å². The quantitative estimate of drug-likeness (QED) is 0.424. The summed E-state index contributed by atoms with van der Waals surface area (Å²) in [5.41, 5.74) is 0.977. The predicted octanol–water partition coefficient (Wildman–Crippen LogP) is 5.50. The maximum absolute atomic E-state index is 13.0. The molecule has 1 amide bonds. The molecule has 4 rings (SSSR count). The lowest BCUT2D eigenvalue weighted by Gasteiger charge is -2.20. The number of nitrogens with zero attached hydrogens (tertiary/aromatic N) is 3. The SMILES string of the molecule is COCCOc1nc(-c2ccc(C(F)(F)F)cc2)n(-c2ccc(NC(=O)C3CCCCC3)cc2)n1. The Labute approximate surface area is 201 Å². The van der Waals surface area contributed by atoms with Gasteiger partial charge in [0.05, 0.1) is 17.9 Å². The molecule has 1 heterocycles. The third kappa shape index (κ3) is 6.19. The van der Waals surface area contributed by atoms with Gasteiger partial charge in [-0.3, -0.25) is 4.79 Å². The number of ether oxygens (including phenoxy) is 2. The summed E-state index contributed by atoms with van der Waals surface area (Å²) in [4.78, 5) is 16.9. The van der Waals surface area contributed by atoms with Crippen LogP contribution >= 0.6 is 0 Å². The van der Waals surface area contributed by atoms with Crippen molar-refractivity contribution in [2.75, 3.05) is 25.6 Å². The highest BCUT2D eigenvalue weighted by molar-refractivity contribution is 5.92. The Kier molecular flexibility index (Phi) is 7.70. The van der Waals surface area contributed by atoms with E-state index in [0.29, 0.717) is 29.4 Å². The number of aromatic nitrogens is 3. The molecule has 0 unspecified atom stereocenters. The van der Waals surface area contributed by atoms with Crippen molar-refractivity contribution >= 4 is 11.6 Å². The molecule has 0 radical (unpaired) electrons. The molecule has 7 nitrogen and oxygen atoms in total. The lowest BCUT2D eigenvalue weighted by molar-refractivity contribution is -0.137. The highest BCUT2D eigenvalue weighted by atomic mass is 19.4. The molecule has 1 saturated carbocycles. The highest BCUT2D eigenvalue weighted by Crippen LogP contribution is 2.32. The largest absolute Gasteiger partial charge is 0.460 e. The van der Waals surface area contributed by atoms with Crippen LogP contribution < -0.4 is 10.1 Å². The Morgan fingerprint density at radius 1 is 1.03 bits per heavy atom. The number of benzene rings is 2. The van der Waals surface area contributed by atoms with Gasteiger partial charge in [-0.15, -0.1) is 5.10 Å².